The van der Waals surface area contributed by atoms with Crippen molar-refractivity contribution < 1.29 is 28.8 Å². The zero-order valence-corrected chi connectivity index (χ0v) is 17.3. The van der Waals surface area contributed by atoms with Crippen LogP contribution in [0.5, 0.6) is 0 Å². The van der Waals surface area contributed by atoms with Gasteiger partial charge in [-0.2, -0.15) is 4.68 Å². The molecule has 156 valence electrons. The molecular formula is C17H20N4O7S. The Hall–Kier alpha value is -3.28. The summed E-state index contributed by atoms with van der Waals surface area (Å²) in [5.74, 6) is -2.28. The highest BCUT2D eigenvalue weighted by molar-refractivity contribution is 7.18. The molecule has 0 bridgehead atoms. The Bertz CT molecular complexity index is 979. The van der Waals surface area contributed by atoms with Crippen LogP contribution >= 0.6 is 11.3 Å². The van der Waals surface area contributed by atoms with E-state index in [0.717, 1.165) is 11.3 Å². The van der Waals surface area contributed by atoms with Crippen LogP contribution in [0, 0.1) is 24.0 Å². The van der Waals surface area contributed by atoms with Gasteiger partial charge in [0.1, 0.15) is 9.88 Å². The lowest BCUT2D eigenvalue weighted by Gasteiger charge is -2.14. The van der Waals surface area contributed by atoms with Gasteiger partial charge in [0.25, 0.3) is 5.91 Å². The minimum Gasteiger partial charge on any atom is -0.465 e. The zero-order valence-electron chi connectivity index (χ0n) is 16.5. The molecule has 2 heterocycles. The lowest BCUT2D eigenvalue weighted by atomic mass is 10.1. The first-order chi connectivity index (χ1) is 13.7. The molecule has 11 nitrogen and oxygen atoms in total. The molecular weight excluding hydrogens is 404 g/mol. The Labute approximate surface area is 169 Å². The summed E-state index contributed by atoms with van der Waals surface area (Å²) in [5.41, 5.74) is 0.803. The number of nitro groups is 1. The van der Waals surface area contributed by atoms with E-state index in [1.165, 1.54) is 25.0 Å². The first kappa shape index (κ1) is 22.0. The van der Waals surface area contributed by atoms with Gasteiger partial charge in [-0.15, -0.1) is 11.3 Å². The Balaban J connectivity index is 2.43. The molecule has 0 saturated carbocycles. The number of esters is 2. The third-order valence-electron chi connectivity index (χ3n) is 4.22. The quantitative estimate of drug-likeness (QED) is 0.406. The lowest BCUT2D eigenvalue weighted by Crippen LogP contribution is -2.27. The average Bonchev–Trinajstić information content (AvgIpc) is 3.22. The molecule has 0 aromatic carbocycles. The van der Waals surface area contributed by atoms with Crippen molar-refractivity contribution in [1.82, 2.24) is 9.78 Å². The predicted molar refractivity (Wildman–Crippen MR) is 103 cm³/mol. The maximum absolute atomic E-state index is 12.9. The fourth-order valence-corrected chi connectivity index (χ4v) is 3.89. The Morgan fingerprint density at radius 2 is 1.90 bits per heavy atom. The number of aryl methyl sites for hydroxylation is 1. The molecule has 0 radical (unpaired) electrons. The molecule has 1 atom stereocenters. The molecule has 2 aromatic rings. The summed E-state index contributed by atoms with van der Waals surface area (Å²) in [6.07, 6.45) is 0.285. The molecule has 1 amide bonds. The highest BCUT2D eigenvalue weighted by atomic mass is 32.1. The number of carbonyl (C=O) groups is 3. The van der Waals surface area contributed by atoms with E-state index in [0.29, 0.717) is 11.3 Å². The summed E-state index contributed by atoms with van der Waals surface area (Å²) in [4.78, 5) is 47.5. The number of amides is 1. The van der Waals surface area contributed by atoms with E-state index in [1.807, 2.05) is 0 Å². The van der Waals surface area contributed by atoms with Crippen molar-refractivity contribution in [2.45, 2.75) is 33.2 Å². The summed E-state index contributed by atoms with van der Waals surface area (Å²) < 4.78 is 10.7. The van der Waals surface area contributed by atoms with Crippen LogP contribution in [0.3, 0.4) is 0 Å². The second-order valence-electron chi connectivity index (χ2n) is 6.00. The number of anilines is 1. The normalized spacial score (nSPS) is 11.6. The van der Waals surface area contributed by atoms with Crippen molar-refractivity contribution in [3.63, 3.8) is 0 Å². The van der Waals surface area contributed by atoms with E-state index in [-0.39, 0.29) is 27.7 Å². The van der Waals surface area contributed by atoms with Crippen molar-refractivity contribution >= 4 is 40.0 Å². The van der Waals surface area contributed by atoms with Gasteiger partial charge in [0, 0.05) is 0 Å². The Kier molecular flexibility index (Phi) is 6.69. The number of ether oxygens (including phenoxy) is 2. The van der Waals surface area contributed by atoms with E-state index in [4.69, 9.17) is 9.47 Å². The first-order valence-electron chi connectivity index (χ1n) is 8.47. The van der Waals surface area contributed by atoms with Gasteiger partial charge in [0.15, 0.2) is 6.04 Å². The van der Waals surface area contributed by atoms with Crippen LogP contribution in [0.25, 0.3) is 0 Å². The van der Waals surface area contributed by atoms with Gasteiger partial charge in [-0.1, -0.05) is 6.92 Å². The van der Waals surface area contributed by atoms with Crippen LogP contribution in [0.2, 0.25) is 0 Å². The molecule has 2 aromatic heterocycles. The number of rotatable bonds is 7. The van der Waals surface area contributed by atoms with Crippen LogP contribution in [0.15, 0.2) is 6.07 Å². The number of nitrogens with one attached hydrogen (secondary N) is 1. The van der Waals surface area contributed by atoms with Crippen LogP contribution in [0.4, 0.5) is 10.8 Å². The summed E-state index contributed by atoms with van der Waals surface area (Å²) in [6.45, 7) is 4.86. The van der Waals surface area contributed by atoms with Crippen molar-refractivity contribution in [2.24, 2.45) is 0 Å². The standard InChI is InChI=1S/C17H20N4O7S/c1-6-10(20-8(2)7-11(19-20)21(25)26)14(22)18-15-12(16(23)27-4)9(3)13(29-15)17(24)28-5/h7,10H,6H2,1-5H3,(H,18,22). The van der Waals surface area contributed by atoms with Gasteiger partial charge in [-0.25, -0.2) is 9.59 Å². The largest absolute Gasteiger partial charge is 0.465 e. The molecule has 1 unspecified atom stereocenters. The van der Waals surface area contributed by atoms with Gasteiger partial charge >= 0.3 is 17.8 Å². The zero-order chi connectivity index (χ0) is 21.9. The molecule has 29 heavy (non-hydrogen) atoms. The lowest BCUT2D eigenvalue weighted by molar-refractivity contribution is -0.389. The molecule has 0 aliphatic rings. The number of carbonyl (C=O) groups excluding carboxylic acids is 3. The third kappa shape index (κ3) is 4.26. The molecule has 0 spiro atoms. The van der Waals surface area contributed by atoms with Crippen molar-refractivity contribution in [3.05, 3.63) is 37.9 Å². The Morgan fingerprint density at radius 1 is 1.28 bits per heavy atom. The second kappa shape index (κ2) is 8.82. The summed E-state index contributed by atoms with van der Waals surface area (Å²) in [5, 5.41) is 17.6. The van der Waals surface area contributed by atoms with Gasteiger partial charge in [-0.05, 0) is 30.8 Å². The maximum Gasteiger partial charge on any atom is 0.390 e. The Morgan fingerprint density at radius 3 is 2.38 bits per heavy atom. The van der Waals surface area contributed by atoms with Gasteiger partial charge in [0.2, 0.25) is 0 Å². The second-order valence-corrected chi connectivity index (χ2v) is 7.02. The monoisotopic (exact) mass is 424 g/mol. The smallest absolute Gasteiger partial charge is 0.390 e. The predicted octanol–water partition coefficient (Wildman–Crippen LogP) is 2.63. The molecule has 0 aliphatic heterocycles. The van der Waals surface area contributed by atoms with Gasteiger partial charge in [0.05, 0.1) is 36.6 Å². The summed E-state index contributed by atoms with van der Waals surface area (Å²) >= 11 is 0.883. The van der Waals surface area contributed by atoms with Gasteiger partial charge < -0.3 is 24.9 Å². The van der Waals surface area contributed by atoms with E-state index < -0.39 is 28.8 Å². The van der Waals surface area contributed by atoms with E-state index >= 15 is 0 Å². The number of hydrogen-bond acceptors (Lipinski definition) is 9. The first-order valence-corrected chi connectivity index (χ1v) is 9.29. The number of thiophene rings is 1. The molecule has 2 rings (SSSR count). The number of nitrogens with zero attached hydrogens (tertiary/aromatic N) is 3. The molecule has 1 N–H and O–H groups in total. The van der Waals surface area contributed by atoms with Crippen molar-refractivity contribution in [2.75, 3.05) is 19.5 Å². The fourth-order valence-electron chi connectivity index (χ4n) is 2.78. The third-order valence-corrected chi connectivity index (χ3v) is 5.41. The van der Waals surface area contributed by atoms with Crippen LogP contribution in [-0.4, -0.2) is 46.8 Å². The molecule has 0 saturated heterocycles. The van der Waals surface area contributed by atoms with Crippen molar-refractivity contribution in [1.29, 1.82) is 0 Å². The van der Waals surface area contributed by atoms with Crippen LogP contribution in [-0.2, 0) is 14.3 Å². The average molecular weight is 424 g/mol. The van der Waals surface area contributed by atoms with E-state index in [9.17, 15) is 24.5 Å². The summed E-state index contributed by atoms with van der Waals surface area (Å²) in [6, 6.07) is 0.402. The van der Waals surface area contributed by atoms with E-state index in [1.54, 1.807) is 20.8 Å². The number of aromatic nitrogens is 2. The van der Waals surface area contributed by atoms with Crippen LogP contribution in [0.1, 0.15) is 50.7 Å². The summed E-state index contributed by atoms with van der Waals surface area (Å²) in [7, 11) is 2.39. The minimum atomic E-state index is -0.863. The van der Waals surface area contributed by atoms with Crippen molar-refractivity contribution in [3.8, 4) is 0 Å². The van der Waals surface area contributed by atoms with Crippen LogP contribution < -0.4 is 5.32 Å². The maximum atomic E-state index is 12.9. The number of hydrogen-bond donors (Lipinski definition) is 1. The highest BCUT2D eigenvalue weighted by Gasteiger charge is 2.31. The number of methoxy groups -OCH3 is 2. The fraction of sp³-hybridized carbons (Fsp3) is 0.412. The molecule has 12 heteroatoms. The highest BCUT2D eigenvalue weighted by Crippen LogP contribution is 2.35. The molecule has 0 aliphatic carbocycles. The van der Waals surface area contributed by atoms with Gasteiger partial charge in [-0.3, -0.25) is 4.79 Å². The van der Waals surface area contributed by atoms with E-state index in [2.05, 4.69) is 10.4 Å². The molecule has 0 fully saturated rings. The minimum absolute atomic E-state index is 0.0456. The topological polar surface area (TPSA) is 143 Å². The SMILES string of the molecule is CCC(C(=O)Nc1sc(C(=O)OC)c(C)c1C(=O)OC)n1nc([N+](=O)[O-])cc1C.